The summed E-state index contributed by atoms with van der Waals surface area (Å²) in [4.78, 5) is 10.9. The zero-order chi connectivity index (χ0) is 11.9. The van der Waals surface area contributed by atoms with Crippen LogP contribution in [0.1, 0.15) is 24.3 Å². The maximum atomic E-state index is 13.4. The van der Waals surface area contributed by atoms with E-state index in [0.29, 0.717) is 18.9 Å². The van der Waals surface area contributed by atoms with Crippen LogP contribution in [0, 0.1) is 23.4 Å². The molecular formula is C11H9F3O2. The van der Waals surface area contributed by atoms with Crippen LogP contribution in [-0.2, 0) is 4.79 Å². The molecule has 0 aliphatic heterocycles. The fourth-order valence-corrected chi connectivity index (χ4v) is 1.82. The molecule has 0 saturated heterocycles. The molecule has 1 atom stereocenters. The zero-order valence-electron chi connectivity index (χ0n) is 8.21. The highest BCUT2D eigenvalue weighted by Crippen LogP contribution is 2.44. The SMILES string of the molecule is O=C(O)C(c1c(F)ccc(F)c1F)C1CC1. The van der Waals surface area contributed by atoms with Crippen molar-refractivity contribution in [1.29, 1.82) is 0 Å². The minimum atomic E-state index is -1.39. The van der Waals surface area contributed by atoms with Gasteiger partial charge in [0.1, 0.15) is 5.82 Å². The highest BCUT2D eigenvalue weighted by molar-refractivity contribution is 5.77. The van der Waals surface area contributed by atoms with Crippen LogP contribution in [0.25, 0.3) is 0 Å². The van der Waals surface area contributed by atoms with Gasteiger partial charge in [0, 0.05) is 5.56 Å². The molecule has 1 fully saturated rings. The Hall–Kier alpha value is -1.52. The molecular weight excluding hydrogens is 221 g/mol. The molecule has 1 aromatic carbocycles. The van der Waals surface area contributed by atoms with Gasteiger partial charge in [-0.2, -0.15) is 0 Å². The van der Waals surface area contributed by atoms with Gasteiger partial charge in [0.15, 0.2) is 11.6 Å². The largest absolute Gasteiger partial charge is 0.481 e. The van der Waals surface area contributed by atoms with E-state index in [0.717, 1.165) is 6.07 Å². The lowest BCUT2D eigenvalue weighted by molar-refractivity contribution is -0.139. The van der Waals surface area contributed by atoms with Crippen molar-refractivity contribution in [2.45, 2.75) is 18.8 Å². The number of benzene rings is 1. The fourth-order valence-electron chi connectivity index (χ4n) is 1.82. The Kier molecular flexibility index (Phi) is 2.61. The van der Waals surface area contributed by atoms with Gasteiger partial charge in [0.2, 0.25) is 0 Å². The number of carbonyl (C=O) groups is 1. The van der Waals surface area contributed by atoms with Gasteiger partial charge in [-0.3, -0.25) is 4.79 Å². The first kappa shape index (κ1) is 11.0. The van der Waals surface area contributed by atoms with Crippen molar-refractivity contribution in [3.05, 3.63) is 35.1 Å². The van der Waals surface area contributed by atoms with Crippen molar-refractivity contribution in [2.75, 3.05) is 0 Å². The molecule has 0 amide bonds. The predicted molar refractivity (Wildman–Crippen MR) is 49.4 cm³/mol. The molecule has 2 nitrogen and oxygen atoms in total. The van der Waals surface area contributed by atoms with E-state index in [9.17, 15) is 18.0 Å². The number of aliphatic carboxylic acids is 1. The summed E-state index contributed by atoms with van der Waals surface area (Å²) in [6.45, 7) is 0. The smallest absolute Gasteiger partial charge is 0.311 e. The second-order valence-electron chi connectivity index (χ2n) is 3.91. The molecule has 1 N–H and O–H groups in total. The van der Waals surface area contributed by atoms with E-state index in [2.05, 4.69) is 0 Å². The van der Waals surface area contributed by atoms with Crippen molar-refractivity contribution in [2.24, 2.45) is 5.92 Å². The Labute approximate surface area is 89.7 Å². The number of halogens is 3. The molecule has 1 saturated carbocycles. The van der Waals surface area contributed by atoms with Crippen molar-refractivity contribution in [3.63, 3.8) is 0 Å². The van der Waals surface area contributed by atoms with E-state index in [1.54, 1.807) is 0 Å². The van der Waals surface area contributed by atoms with Gasteiger partial charge in [-0.25, -0.2) is 13.2 Å². The van der Waals surface area contributed by atoms with Gasteiger partial charge in [-0.1, -0.05) is 0 Å². The average molecular weight is 230 g/mol. The quantitative estimate of drug-likeness (QED) is 0.810. The second kappa shape index (κ2) is 3.81. The maximum Gasteiger partial charge on any atom is 0.311 e. The Morgan fingerprint density at radius 3 is 2.31 bits per heavy atom. The molecule has 0 aromatic heterocycles. The first-order chi connectivity index (χ1) is 7.52. The molecule has 0 spiro atoms. The molecule has 1 aliphatic carbocycles. The van der Waals surface area contributed by atoms with E-state index in [1.807, 2.05) is 0 Å². The number of hydrogen-bond acceptors (Lipinski definition) is 1. The molecule has 5 heteroatoms. The van der Waals surface area contributed by atoms with Crippen molar-refractivity contribution in [1.82, 2.24) is 0 Å². The first-order valence-electron chi connectivity index (χ1n) is 4.88. The summed E-state index contributed by atoms with van der Waals surface area (Å²) in [6.07, 6.45) is 1.21. The van der Waals surface area contributed by atoms with Crippen LogP contribution in [0.5, 0.6) is 0 Å². The topological polar surface area (TPSA) is 37.3 Å². The van der Waals surface area contributed by atoms with Crippen LogP contribution < -0.4 is 0 Å². The summed E-state index contributed by atoms with van der Waals surface area (Å²) in [5.41, 5.74) is -0.657. The predicted octanol–water partition coefficient (Wildman–Crippen LogP) is 2.68. The van der Waals surface area contributed by atoms with E-state index < -0.39 is 34.9 Å². The van der Waals surface area contributed by atoms with Crippen molar-refractivity contribution < 1.29 is 23.1 Å². The molecule has 86 valence electrons. The molecule has 16 heavy (non-hydrogen) atoms. The minimum absolute atomic E-state index is 0.289. The van der Waals surface area contributed by atoms with Gasteiger partial charge in [0.05, 0.1) is 5.92 Å². The van der Waals surface area contributed by atoms with Gasteiger partial charge in [0.25, 0.3) is 0 Å². The number of carboxylic acid groups (broad SMARTS) is 1. The average Bonchev–Trinajstić information content (AvgIpc) is 3.01. The molecule has 0 heterocycles. The third-order valence-electron chi connectivity index (χ3n) is 2.75. The summed E-state index contributed by atoms with van der Waals surface area (Å²) >= 11 is 0. The van der Waals surface area contributed by atoms with E-state index in [4.69, 9.17) is 5.11 Å². The summed E-state index contributed by atoms with van der Waals surface area (Å²) in [5.74, 6) is -6.49. The van der Waals surface area contributed by atoms with Crippen LogP contribution in [-0.4, -0.2) is 11.1 Å². The summed E-state index contributed by atoms with van der Waals surface area (Å²) in [6, 6.07) is 1.41. The lowest BCUT2D eigenvalue weighted by atomic mass is 9.93. The Morgan fingerprint density at radius 1 is 1.25 bits per heavy atom. The van der Waals surface area contributed by atoms with Gasteiger partial charge >= 0.3 is 5.97 Å². The summed E-state index contributed by atoms with van der Waals surface area (Å²) in [5, 5.41) is 8.92. The fraction of sp³-hybridized carbons (Fsp3) is 0.364. The summed E-state index contributed by atoms with van der Waals surface area (Å²) in [7, 11) is 0. The molecule has 1 aliphatic rings. The molecule has 0 bridgehead atoms. The molecule has 2 rings (SSSR count). The van der Waals surface area contributed by atoms with Gasteiger partial charge < -0.3 is 5.11 Å². The molecule has 1 aromatic rings. The second-order valence-corrected chi connectivity index (χ2v) is 3.91. The van der Waals surface area contributed by atoms with Crippen molar-refractivity contribution in [3.8, 4) is 0 Å². The number of rotatable bonds is 3. The lowest BCUT2D eigenvalue weighted by Crippen LogP contribution is -2.17. The Balaban J connectivity index is 2.51. The normalized spacial score (nSPS) is 17.2. The van der Waals surface area contributed by atoms with Crippen LogP contribution in [0.4, 0.5) is 13.2 Å². The number of hydrogen-bond donors (Lipinski definition) is 1. The maximum absolute atomic E-state index is 13.4. The number of carboxylic acids is 1. The molecule has 1 unspecified atom stereocenters. The third kappa shape index (κ3) is 1.77. The van der Waals surface area contributed by atoms with Gasteiger partial charge in [-0.05, 0) is 30.9 Å². The Bertz CT molecular complexity index is 441. The van der Waals surface area contributed by atoms with E-state index in [-0.39, 0.29) is 5.92 Å². The highest BCUT2D eigenvalue weighted by Gasteiger charge is 2.41. The van der Waals surface area contributed by atoms with Crippen LogP contribution in [0.15, 0.2) is 12.1 Å². The lowest BCUT2D eigenvalue weighted by Gasteiger charge is -2.13. The Morgan fingerprint density at radius 2 is 1.81 bits per heavy atom. The molecule has 0 radical (unpaired) electrons. The third-order valence-corrected chi connectivity index (χ3v) is 2.75. The minimum Gasteiger partial charge on any atom is -0.481 e. The van der Waals surface area contributed by atoms with Crippen molar-refractivity contribution >= 4 is 5.97 Å². The van der Waals surface area contributed by atoms with Gasteiger partial charge in [-0.15, -0.1) is 0 Å². The highest BCUT2D eigenvalue weighted by atomic mass is 19.2. The zero-order valence-corrected chi connectivity index (χ0v) is 8.21. The van der Waals surface area contributed by atoms with Crippen LogP contribution >= 0.6 is 0 Å². The monoisotopic (exact) mass is 230 g/mol. The van der Waals surface area contributed by atoms with Crippen LogP contribution in [0.2, 0.25) is 0 Å². The first-order valence-corrected chi connectivity index (χ1v) is 4.88. The van der Waals surface area contributed by atoms with E-state index >= 15 is 0 Å². The van der Waals surface area contributed by atoms with Crippen LogP contribution in [0.3, 0.4) is 0 Å². The summed E-state index contributed by atoms with van der Waals surface area (Å²) < 4.78 is 39.7. The standard InChI is InChI=1S/C11H9F3O2/c12-6-3-4-7(13)10(14)9(6)8(11(15)16)5-1-2-5/h3-5,8H,1-2H2,(H,15,16). The van der Waals surface area contributed by atoms with E-state index in [1.165, 1.54) is 0 Å².